The lowest BCUT2D eigenvalue weighted by molar-refractivity contribution is 0.302. The molecule has 0 atom stereocenters. The van der Waals surface area contributed by atoms with Crippen molar-refractivity contribution in [3.05, 3.63) is 60.9 Å². The second kappa shape index (κ2) is 9.57. The molecule has 0 saturated heterocycles. The molecule has 32 heavy (non-hydrogen) atoms. The predicted molar refractivity (Wildman–Crippen MR) is 126 cm³/mol. The van der Waals surface area contributed by atoms with E-state index in [0.29, 0.717) is 24.0 Å². The summed E-state index contributed by atoms with van der Waals surface area (Å²) in [5.74, 6) is 1.96. The zero-order valence-electron chi connectivity index (χ0n) is 18.4. The first-order chi connectivity index (χ1) is 15.7. The number of methoxy groups -OCH3 is 2. The molecular weight excluding hydrogens is 406 g/mol. The van der Waals surface area contributed by atoms with Gasteiger partial charge in [-0.3, -0.25) is 4.40 Å². The van der Waals surface area contributed by atoms with Crippen LogP contribution in [0, 0.1) is 0 Å². The Morgan fingerprint density at radius 2 is 1.81 bits per heavy atom. The summed E-state index contributed by atoms with van der Waals surface area (Å²) < 4.78 is 12.7. The number of hydrogen-bond donors (Lipinski definition) is 2. The summed E-state index contributed by atoms with van der Waals surface area (Å²) in [5, 5.41) is 12.7. The molecule has 0 bridgehead atoms. The van der Waals surface area contributed by atoms with E-state index in [2.05, 4.69) is 22.1 Å². The van der Waals surface area contributed by atoms with Crippen molar-refractivity contribution in [2.75, 3.05) is 44.1 Å². The Morgan fingerprint density at radius 1 is 1.03 bits per heavy atom. The number of benzene rings is 2. The van der Waals surface area contributed by atoms with E-state index in [1.807, 2.05) is 59.1 Å². The Kier molecular flexibility index (Phi) is 6.42. The molecule has 4 rings (SSSR count). The van der Waals surface area contributed by atoms with Crippen LogP contribution in [-0.4, -0.2) is 53.4 Å². The molecule has 0 unspecified atom stereocenters. The second-order valence-electron chi connectivity index (χ2n) is 7.17. The molecule has 0 aliphatic carbocycles. The first-order valence-electron chi connectivity index (χ1n) is 10.5. The maximum absolute atomic E-state index is 9.26. The number of aliphatic hydroxyl groups excluding tert-OH is 1. The molecule has 0 saturated carbocycles. The maximum Gasteiger partial charge on any atom is 0.213 e. The highest BCUT2D eigenvalue weighted by molar-refractivity contribution is 5.70. The van der Waals surface area contributed by atoms with E-state index in [4.69, 9.17) is 14.5 Å². The fraction of sp³-hybridized carbons (Fsp3) is 0.250. The summed E-state index contributed by atoms with van der Waals surface area (Å²) in [4.78, 5) is 11.4. The molecule has 166 valence electrons. The van der Waals surface area contributed by atoms with Gasteiger partial charge in [0.05, 0.1) is 26.5 Å². The number of nitrogens with one attached hydrogen (secondary N) is 1. The van der Waals surface area contributed by atoms with Crippen LogP contribution in [-0.2, 0) is 0 Å². The Bertz CT molecular complexity index is 1190. The van der Waals surface area contributed by atoms with Crippen LogP contribution in [0.15, 0.2) is 60.9 Å². The standard InChI is InChI=1S/C24H27N5O3/c1-4-28(13-14-30)19-8-6-18(7-9-19)26-24-27-20(16-23-25-11-12-29(23)24)17-5-10-21(31-2)22(15-17)32-3/h5-12,15-16,30H,4,13-14H2,1-3H3,(H,26,27). The summed E-state index contributed by atoms with van der Waals surface area (Å²) in [6.45, 7) is 3.63. The summed E-state index contributed by atoms with van der Waals surface area (Å²) in [6.07, 6.45) is 3.62. The molecule has 0 aliphatic rings. The lowest BCUT2D eigenvalue weighted by Crippen LogP contribution is -2.25. The Hall–Kier alpha value is -3.78. The molecule has 8 nitrogen and oxygen atoms in total. The van der Waals surface area contributed by atoms with Gasteiger partial charge in [0.25, 0.3) is 0 Å². The molecule has 0 amide bonds. The molecule has 0 fully saturated rings. The van der Waals surface area contributed by atoms with Crippen molar-refractivity contribution in [2.45, 2.75) is 6.92 Å². The zero-order valence-corrected chi connectivity index (χ0v) is 18.4. The van der Waals surface area contributed by atoms with Gasteiger partial charge in [-0.05, 0) is 49.4 Å². The molecule has 0 aliphatic heterocycles. The van der Waals surface area contributed by atoms with Crippen molar-refractivity contribution in [1.82, 2.24) is 14.4 Å². The molecular formula is C24H27N5O3. The minimum atomic E-state index is 0.124. The van der Waals surface area contributed by atoms with Crippen LogP contribution >= 0.6 is 0 Å². The number of aliphatic hydroxyl groups is 1. The Labute approximate surface area is 187 Å². The quantitative estimate of drug-likeness (QED) is 0.413. The molecule has 2 aromatic carbocycles. The van der Waals surface area contributed by atoms with Crippen molar-refractivity contribution in [1.29, 1.82) is 0 Å². The third kappa shape index (κ3) is 4.31. The van der Waals surface area contributed by atoms with Gasteiger partial charge in [0.2, 0.25) is 5.95 Å². The highest BCUT2D eigenvalue weighted by atomic mass is 16.5. The minimum absolute atomic E-state index is 0.124. The third-order valence-electron chi connectivity index (χ3n) is 5.31. The second-order valence-corrected chi connectivity index (χ2v) is 7.17. The average molecular weight is 434 g/mol. The van der Waals surface area contributed by atoms with E-state index in [0.717, 1.165) is 34.8 Å². The number of imidazole rings is 1. The smallest absolute Gasteiger partial charge is 0.213 e. The van der Waals surface area contributed by atoms with Gasteiger partial charge in [-0.1, -0.05) is 0 Å². The summed E-state index contributed by atoms with van der Waals surface area (Å²) in [6, 6.07) is 15.7. The van der Waals surface area contributed by atoms with E-state index in [1.165, 1.54) is 0 Å². The highest BCUT2D eigenvalue weighted by Crippen LogP contribution is 2.32. The van der Waals surface area contributed by atoms with Gasteiger partial charge < -0.3 is 24.8 Å². The Morgan fingerprint density at radius 3 is 2.50 bits per heavy atom. The Balaban J connectivity index is 1.67. The number of likely N-dealkylation sites (N-methyl/N-ethyl adjacent to an activating group) is 1. The maximum atomic E-state index is 9.26. The molecule has 8 heteroatoms. The van der Waals surface area contributed by atoms with Crippen molar-refractivity contribution >= 4 is 23.0 Å². The van der Waals surface area contributed by atoms with Crippen molar-refractivity contribution in [3.63, 3.8) is 0 Å². The number of nitrogens with zero attached hydrogens (tertiary/aromatic N) is 4. The number of fused-ring (bicyclic) bond motifs is 1. The summed E-state index contributed by atoms with van der Waals surface area (Å²) >= 11 is 0. The third-order valence-corrected chi connectivity index (χ3v) is 5.31. The van der Waals surface area contributed by atoms with Gasteiger partial charge in [0.15, 0.2) is 11.5 Å². The van der Waals surface area contributed by atoms with E-state index in [-0.39, 0.29) is 6.61 Å². The fourth-order valence-electron chi connectivity index (χ4n) is 3.63. The monoisotopic (exact) mass is 433 g/mol. The van der Waals surface area contributed by atoms with E-state index >= 15 is 0 Å². The fourth-order valence-corrected chi connectivity index (χ4v) is 3.63. The van der Waals surface area contributed by atoms with Gasteiger partial charge in [-0.2, -0.15) is 0 Å². The average Bonchev–Trinajstić information content (AvgIpc) is 3.32. The molecule has 0 radical (unpaired) electrons. The van der Waals surface area contributed by atoms with Crippen molar-refractivity contribution < 1.29 is 14.6 Å². The van der Waals surface area contributed by atoms with Gasteiger partial charge in [0.1, 0.15) is 5.65 Å². The van der Waals surface area contributed by atoms with Crippen molar-refractivity contribution in [2.24, 2.45) is 0 Å². The first-order valence-corrected chi connectivity index (χ1v) is 10.5. The van der Waals surface area contributed by atoms with E-state index < -0.39 is 0 Å². The lowest BCUT2D eigenvalue weighted by atomic mass is 10.1. The van der Waals surface area contributed by atoms with Gasteiger partial charge in [-0.25, -0.2) is 9.97 Å². The van der Waals surface area contributed by atoms with Crippen LogP contribution in [0.4, 0.5) is 17.3 Å². The normalized spacial score (nSPS) is 10.9. The highest BCUT2D eigenvalue weighted by Gasteiger charge is 2.12. The largest absolute Gasteiger partial charge is 0.493 e. The molecule has 0 spiro atoms. The van der Waals surface area contributed by atoms with Crippen LogP contribution in [0.2, 0.25) is 0 Å². The van der Waals surface area contributed by atoms with Gasteiger partial charge >= 0.3 is 0 Å². The van der Waals surface area contributed by atoms with Crippen LogP contribution in [0.3, 0.4) is 0 Å². The van der Waals surface area contributed by atoms with Gasteiger partial charge in [-0.15, -0.1) is 0 Å². The lowest BCUT2D eigenvalue weighted by Gasteiger charge is -2.22. The number of rotatable bonds is 9. The van der Waals surface area contributed by atoms with E-state index in [1.54, 1.807) is 20.4 Å². The molecule has 2 N–H and O–H groups in total. The summed E-state index contributed by atoms with van der Waals surface area (Å²) in [5.41, 5.74) is 4.41. The van der Waals surface area contributed by atoms with Crippen molar-refractivity contribution in [3.8, 4) is 22.8 Å². The number of aromatic nitrogens is 3. The number of anilines is 3. The zero-order chi connectivity index (χ0) is 22.5. The van der Waals surface area contributed by atoms with Crippen LogP contribution in [0.1, 0.15) is 6.92 Å². The SMILES string of the molecule is CCN(CCO)c1ccc(Nc2nc(-c3ccc(OC)c(OC)c3)cc3nccn23)cc1. The minimum Gasteiger partial charge on any atom is -0.493 e. The molecule has 2 aromatic heterocycles. The van der Waals surface area contributed by atoms with Gasteiger partial charge in [0, 0.05) is 48.5 Å². The number of ether oxygens (including phenoxy) is 2. The topological polar surface area (TPSA) is 84.2 Å². The molecule has 2 heterocycles. The summed E-state index contributed by atoms with van der Waals surface area (Å²) in [7, 11) is 3.23. The van der Waals surface area contributed by atoms with E-state index in [9.17, 15) is 5.11 Å². The molecule has 4 aromatic rings. The van der Waals surface area contributed by atoms with Crippen LogP contribution < -0.4 is 19.7 Å². The van der Waals surface area contributed by atoms with Crippen LogP contribution in [0.25, 0.3) is 16.9 Å². The first kappa shape index (κ1) is 21.5. The van der Waals surface area contributed by atoms with Crippen LogP contribution in [0.5, 0.6) is 11.5 Å². The predicted octanol–water partition coefficient (Wildman–Crippen LogP) is 3.98. The number of hydrogen-bond acceptors (Lipinski definition) is 7.